The Labute approximate surface area is 229 Å². The summed E-state index contributed by atoms with van der Waals surface area (Å²) in [6.07, 6.45) is 3.54. The highest BCUT2D eigenvalue weighted by Crippen LogP contribution is 2.51. The monoisotopic (exact) mass is 583 g/mol. The smallest absolute Gasteiger partial charge is 0.305 e. The van der Waals surface area contributed by atoms with Gasteiger partial charge in [0.1, 0.15) is 12.4 Å². The topological polar surface area (TPSA) is 83.9 Å². The van der Waals surface area contributed by atoms with Gasteiger partial charge in [-0.1, -0.05) is 39.7 Å². The molecule has 0 atom stereocenters. The minimum absolute atomic E-state index is 0.0140. The molecule has 3 aliphatic rings. The highest BCUT2D eigenvalue weighted by atomic mass is 79.9. The predicted octanol–water partition coefficient (Wildman–Crippen LogP) is 6.57. The summed E-state index contributed by atoms with van der Waals surface area (Å²) in [6, 6.07) is 13.1. The zero-order valence-corrected chi connectivity index (χ0v) is 22.6. The number of carbonyl (C=O) groups is 3. The molecule has 37 heavy (non-hydrogen) atoms. The van der Waals surface area contributed by atoms with Crippen LogP contribution in [0.2, 0.25) is 5.02 Å². The second kappa shape index (κ2) is 10.8. The lowest BCUT2D eigenvalue weighted by molar-refractivity contribution is -0.137. The standard InChI is InChI=1S/C29H27BrClNO5/c30-18-9-12-25(37-16-17-7-10-19(31)11-8-17)20(15-18)27-28-21(3-1-5-23(28)33)32(14-13-26(35)36)22-4-2-6-24(34)29(22)27/h7-12,15,27H,1-6,13-14,16H2,(H,35,36). The molecule has 0 saturated carbocycles. The molecule has 0 saturated heterocycles. The van der Waals surface area contributed by atoms with Crippen LogP contribution in [0.1, 0.15) is 62.0 Å². The molecule has 0 fully saturated rings. The normalized spacial score (nSPS) is 18.2. The number of aliphatic carboxylic acids is 1. The quantitative estimate of drug-likeness (QED) is 0.396. The fourth-order valence-electron chi connectivity index (χ4n) is 5.62. The van der Waals surface area contributed by atoms with E-state index in [2.05, 4.69) is 15.9 Å². The fraction of sp³-hybridized carbons (Fsp3) is 0.345. The lowest BCUT2D eigenvalue weighted by atomic mass is 9.70. The second-order valence-electron chi connectivity index (χ2n) is 9.60. The van der Waals surface area contributed by atoms with Gasteiger partial charge in [-0.15, -0.1) is 0 Å². The van der Waals surface area contributed by atoms with Crippen LogP contribution in [-0.4, -0.2) is 34.1 Å². The summed E-state index contributed by atoms with van der Waals surface area (Å²) < 4.78 is 7.11. The van der Waals surface area contributed by atoms with E-state index in [4.69, 9.17) is 16.3 Å². The summed E-state index contributed by atoms with van der Waals surface area (Å²) in [5.74, 6) is -0.803. The first-order valence-corrected chi connectivity index (χ1v) is 13.7. The third kappa shape index (κ3) is 5.25. The molecule has 0 radical (unpaired) electrons. The van der Waals surface area contributed by atoms with E-state index in [1.165, 1.54) is 0 Å². The number of allylic oxidation sites excluding steroid dienone is 4. The highest BCUT2D eigenvalue weighted by molar-refractivity contribution is 9.10. The van der Waals surface area contributed by atoms with Gasteiger partial charge in [-0.05, 0) is 61.6 Å². The van der Waals surface area contributed by atoms with Crippen LogP contribution < -0.4 is 4.74 Å². The van der Waals surface area contributed by atoms with E-state index in [-0.39, 0.29) is 24.5 Å². The summed E-state index contributed by atoms with van der Waals surface area (Å²) in [5.41, 5.74) is 4.66. The summed E-state index contributed by atoms with van der Waals surface area (Å²) in [7, 11) is 0. The van der Waals surface area contributed by atoms with Gasteiger partial charge in [-0.25, -0.2) is 0 Å². The number of halogens is 2. The maximum absolute atomic E-state index is 13.5. The molecule has 1 aliphatic heterocycles. The van der Waals surface area contributed by atoms with E-state index >= 15 is 0 Å². The number of hydrogen-bond donors (Lipinski definition) is 1. The summed E-state index contributed by atoms with van der Waals surface area (Å²) >= 11 is 9.60. The van der Waals surface area contributed by atoms with E-state index in [0.29, 0.717) is 67.1 Å². The number of nitrogens with zero attached hydrogens (tertiary/aromatic N) is 1. The van der Waals surface area contributed by atoms with Crippen LogP contribution in [0.5, 0.6) is 5.75 Å². The first-order valence-electron chi connectivity index (χ1n) is 12.5. The predicted molar refractivity (Wildman–Crippen MR) is 143 cm³/mol. The number of rotatable bonds is 7. The average molecular weight is 585 g/mol. The zero-order chi connectivity index (χ0) is 26.1. The van der Waals surface area contributed by atoms with Crippen molar-refractivity contribution in [1.29, 1.82) is 0 Å². The largest absolute Gasteiger partial charge is 0.489 e. The molecular formula is C29H27BrClNO5. The van der Waals surface area contributed by atoms with Crippen molar-refractivity contribution in [3.8, 4) is 5.75 Å². The summed E-state index contributed by atoms with van der Waals surface area (Å²) in [5, 5.41) is 10.0. The second-order valence-corrected chi connectivity index (χ2v) is 11.0. The van der Waals surface area contributed by atoms with E-state index < -0.39 is 11.9 Å². The number of carboxylic acid groups (broad SMARTS) is 1. The summed E-state index contributed by atoms with van der Waals surface area (Å²) in [4.78, 5) is 40.4. The van der Waals surface area contributed by atoms with Gasteiger partial charge in [0.15, 0.2) is 11.6 Å². The zero-order valence-electron chi connectivity index (χ0n) is 20.3. The van der Waals surface area contributed by atoms with Gasteiger partial charge in [0.05, 0.1) is 6.42 Å². The van der Waals surface area contributed by atoms with Crippen molar-refractivity contribution >= 4 is 45.1 Å². The van der Waals surface area contributed by atoms with Crippen LogP contribution in [0.15, 0.2) is 69.5 Å². The Hall–Kier alpha value is -2.90. The SMILES string of the molecule is O=C(O)CCN1C2=C(C(=O)CCC2)C(c2cc(Br)ccc2OCc2ccc(Cl)cc2)C2=C1CCCC2=O. The molecule has 5 rings (SSSR count). The number of hydrogen-bond acceptors (Lipinski definition) is 5. The van der Waals surface area contributed by atoms with Gasteiger partial charge in [0, 0.05) is 62.9 Å². The van der Waals surface area contributed by atoms with Gasteiger partial charge in [-0.3, -0.25) is 14.4 Å². The van der Waals surface area contributed by atoms with Gasteiger partial charge >= 0.3 is 5.97 Å². The van der Waals surface area contributed by atoms with Crippen molar-refractivity contribution in [2.24, 2.45) is 0 Å². The van der Waals surface area contributed by atoms with Crippen LogP contribution in [-0.2, 0) is 21.0 Å². The van der Waals surface area contributed by atoms with Crippen molar-refractivity contribution in [3.05, 3.63) is 85.6 Å². The molecule has 1 N–H and O–H groups in total. The number of carboxylic acids is 1. The van der Waals surface area contributed by atoms with E-state index in [0.717, 1.165) is 27.0 Å². The van der Waals surface area contributed by atoms with Gasteiger partial charge in [0.25, 0.3) is 0 Å². The number of ketones is 2. The van der Waals surface area contributed by atoms with E-state index in [1.807, 2.05) is 47.4 Å². The molecule has 0 unspecified atom stereocenters. The van der Waals surface area contributed by atoms with Crippen LogP contribution in [0.25, 0.3) is 0 Å². The Bertz CT molecular complexity index is 1290. The minimum Gasteiger partial charge on any atom is -0.489 e. The molecule has 2 aromatic rings. The van der Waals surface area contributed by atoms with Crippen molar-refractivity contribution in [1.82, 2.24) is 4.90 Å². The maximum Gasteiger partial charge on any atom is 0.305 e. The number of carbonyl (C=O) groups excluding carboxylic acids is 2. The lowest BCUT2D eigenvalue weighted by Crippen LogP contribution is -2.40. The van der Waals surface area contributed by atoms with Crippen molar-refractivity contribution < 1.29 is 24.2 Å². The van der Waals surface area contributed by atoms with Crippen molar-refractivity contribution in [2.75, 3.05) is 6.54 Å². The Balaban J connectivity index is 1.63. The molecule has 0 amide bonds. The first kappa shape index (κ1) is 25.7. The minimum atomic E-state index is -0.902. The average Bonchev–Trinajstić information content (AvgIpc) is 2.87. The van der Waals surface area contributed by atoms with Gasteiger partial charge < -0.3 is 14.7 Å². The van der Waals surface area contributed by atoms with Crippen molar-refractivity contribution in [2.45, 2.75) is 57.5 Å². The molecular weight excluding hydrogens is 558 g/mol. The molecule has 0 spiro atoms. The van der Waals surface area contributed by atoms with Crippen LogP contribution in [0.4, 0.5) is 0 Å². The molecule has 0 bridgehead atoms. The Morgan fingerprint density at radius 2 is 1.59 bits per heavy atom. The number of Topliss-reactive ketones (excluding diaryl/α,β-unsaturated/α-hetero) is 2. The van der Waals surface area contributed by atoms with Crippen LogP contribution in [0, 0.1) is 0 Å². The fourth-order valence-corrected chi connectivity index (χ4v) is 6.13. The third-order valence-electron chi connectivity index (χ3n) is 7.23. The molecule has 6 nitrogen and oxygen atoms in total. The highest BCUT2D eigenvalue weighted by Gasteiger charge is 2.44. The van der Waals surface area contributed by atoms with Crippen LogP contribution in [0.3, 0.4) is 0 Å². The van der Waals surface area contributed by atoms with E-state index in [9.17, 15) is 19.5 Å². The number of benzene rings is 2. The molecule has 1 heterocycles. The Kier molecular flexibility index (Phi) is 7.54. The molecule has 0 aromatic heterocycles. The van der Waals surface area contributed by atoms with Crippen LogP contribution >= 0.6 is 27.5 Å². The number of ether oxygens (including phenoxy) is 1. The molecule has 192 valence electrons. The first-order chi connectivity index (χ1) is 17.8. The Morgan fingerprint density at radius 1 is 0.973 bits per heavy atom. The molecule has 8 heteroatoms. The molecule has 2 aromatic carbocycles. The van der Waals surface area contributed by atoms with Crippen molar-refractivity contribution in [3.63, 3.8) is 0 Å². The van der Waals surface area contributed by atoms with Gasteiger partial charge in [0.2, 0.25) is 0 Å². The Morgan fingerprint density at radius 3 is 2.19 bits per heavy atom. The lowest BCUT2D eigenvalue weighted by Gasteiger charge is -2.44. The van der Waals surface area contributed by atoms with E-state index in [1.54, 1.807) is 0 Å². The third-order valence-corrected chi connectivity index (χ3v) is 7.97. The van der Waals surface area contributed by atoms with Gasteiger partial charge in [-0.2, -0.15) is 0 Å². The maximum atomic E-state index is 13.5. The molecule has 2 aliphatic carbocycles. The summed E-state index contributed by atoms with van der Waals surface area (Å²) in [6.45, 7) is 0.557.